The minimum Gasteiger partial charge on any atom is -0.387 e. The Labute approximate surface area is 124 Å². The van der Waals surface area contributed by atoms with Gasteiger partial charge in [0.15, 0.2) is 0 Å². The number of hydrogen-bond donors (Lipinski definition) is 1. The van der Waals surface area contributed by atoms with Gasteiger partial charge in [-0.2, -0.15) is 0 Å². The predicted octanol–water partition coefficient (Wildman–Crippen LogP) is 2.65. The van der Waals surface area contributed by atoms with Crippen molar-refractivity contribution in [2.24, 2.45) is 0 Å². The van der Waals surface area contributed by atoms with Gasteiger partial charge in [0.05, 0.1) is 29.8 Å². The molecule has 1 aliphatic heterocycles. The number of hydrogen-bond acceptors (Lipinski definition) is 4. The molecule has 2 heterocycles. The number of aliphatic hydroxyl groups excluding tert-OH is 1. The van der Waals surface area contributed by atoms with Crippen LogP contribution in [0.4, 0.5) is 0 Å². The topological polar surface area (TPSA) is 60.2 Å². The first-order valence-corrected chi connectivity index (χ1v) is 7.60. The van der Waals surface area contributed by atoms with Crippen molar-refractivity contribution in [1.29, 1.82) is 0 Å². The second-order valence-electron chi connectivity index (χ2n) is 5.49. The average molecular weight is 287 g/mol. The number of benzene rings is 1. The summed E-state index contributed by atoms with van der Waals surface area (Å²) >= 11 is 0. The van der Waals surface area contributed by atoms with Crippen LogP contribution in [-0.2, 0) is 4.74 Å². The maximum Gasteiger partial charge on any atom is 0.0978 e. The third-order valence-electron chi connectivity index (χ3n) is 3.95. The molecule has 1 aromatic heterocycles. The van der Waals surface area contributed by atoms with Crippen LogP contribution in [0.3, 0.4) is 0 Å². The Morgan fingerprint density at radius 2 is 2.14 bits per heavy atom. The van der Waals surface area contributed by atoms with Crippen LogP contribution in [-0.4, -0.2) is 32.8 Å². The van der Waals surface area contributed by atoms with E-state index in [0.29, 0.717) is 6.42 Å². The molecule has 0 amide bonds. The van der Waals surface area contributed by atoms with E-state index in [-0.39, 0.29) is 6.10 Å². The fraction of sp³-hybridized carbons (Fsp3) is 0.500. The van der Waals surface area contributed by atoms with Crippen molar-refractivity contribution < 1.29 is 9.84 Å². The molecule has 1 aromatic carbocycles. The Bertz CT molecular complexity index is 550. The molecular weight excluding hydrogens is 266 g/mol. The van der Waals surface area contributed by atoms with Crippen molar-refractivity contribution in [2.75, 3.05) is 6.61 Å². The lowest BCUT2D eigenvalue weighted by Gasteiger charge is -2.23. The van der Waals surface area contributed by atoms with Crippen molar-refractivity contribution in [3.63, 3.8) is 0 Å². The van der Waals surface area contributed by atoms with E-state index in [9.17, 15) is 5.11 Å². The number of aliphatic hydroxyl groups is 1. The molecule has 2 aromatic rings. The highest BCUT2D eigenvalue weighted by molar-refractivity contribution is 5.31. The monoisotopic (exact) mass is 287 g/mol. The molecule has 0 radical (unpaired) electrons. The lowest BCUT2D eigenvalue weighted by molar-refractivity contribution is 0.00169. The van der Waals surface area contributed by atoms with E-state index in [1.165, 1.54) is 6.42 Å². The smallest absolute Gasteiger partial charge is 0.0978 e. The molecule has 21 heavy (non-hydrogen) atoms. The molecular formula is C16H21N3O2. The van der Waals surface area contributed by atoms with Gasteiger partial charge in [-0.05, 0) is 44.2 Å². The molecule has 1 saturated heterocycles. The molecule has 0 bridgehead atoms. The summed E-state index contributed by atoms with van der Waals surface area (Å²) in [5.41, 5.74) is 1.65. The first kappa shape index (κ1) is 14.2. The molecule has 2 unspecified atom stereocenters. The van der Waals surface area contributed by atoms with Crippen molar-refractivity contribution in [3.8, 4) is 5.69 Å². The van der Waals surface area contributed by atoms with Crippen LogP contribution < -0.4 is 0 Å². The van der Waals surface area contributed by atoms with E-state index < -0.39 is 6.10 Å². The zero-order chi connectivity index (χ0) is 14.5. The quantitative estimate of drug-likeness (QED) is 0.918. The van der Waals surface area contributed by atoms with Crippen LogP contribution in [0, 0.1) is 0 Å². The van der Waals surface area contributed by atoms with E-state index in [2.05, 4.69) is 10.3 Å². The Balaban J connectivity index is 1.65. The summed E-state index contributed by atoms with van der Waals surface area (Å²) in [5, 5.41) is 18.4. The van der Waals surface area contributed by atoms with Crippen LogP contribution in [0.2, 0.25) is 0 Å². The summed E-state index contributed by atoms with van der Waals surface area (Å²) in [5.74, 6) is 0. The second-order valence-corrected chi connectivity index (χ2v) is 5.49. The molecule has 5 nitrogen and oxygen atoms in total. The zero-order valence-corrected chi connectivity index (χ0v) is 12.1. The molecule has 0 saturated carbocycles. The van der Waals surface area contributed by atoms with E-state index in [4.69, 9.17) is 4.74 Å². The van der Waals surface area contributed by atoms with Gasteiger partial charge in [0.1, 0.15) is 0 Å². The average Bonchev–Trinajstić information content (AvgIpc) is 3.04. The third-order valence-corrected chi connectivity index (χ3v) is 3.95. The Hall–Kier alpha value is -1.72. The largest absolute Gasteiger partial charge is 0.387 e. The van der Waals surface area contributed by atoms with E-state index >= 15 is 0 Å². The van der Waals surface area contributed by atoms with E-state index in [1.807, 2.05) is 30.3 Å². The summed E-state index contributed by atoms with van der Waals surface area (Å²) in [7, 11) is 0. The molecule has 1 N–H and O–H groups in total. The molecule has 2 atom stereocenters. The van der Waals surface area contributed by atoms with Gasteiger partial charge in [0.2, 0.25) is 0 Å². The Morgan fingerprint density at radius 3 is 2.90 bits per heavy atom. The SMILES string of the molecule is OC(CCC1CCCCO1)c1cnnn1-c1ccccc1. The van der Waals surface area contributed by atoms with Crippen LogP contribution in [0.25, 0.3) is 5.69 Å². The summed E-state index contributed by atoms with van der Waals surface area (Å²) in [6.45, 7) is 0.851. The Morgan fingerprint density at radius 1 is 1.29 bits per heavy atom. The highest BCUT2D eigenvalue weighted by atomic mass is 16.5. The summed E-state index contributed by atoms with van der Waals surface area (Å²) in [4.78, 5) is 0. The van der Waals surface area contributed by atoms with Crippen LogP contribution in [0.1, 0.15) is 43.9 Å². The number of para-hydroxylation sites is 1. The summed E-state index contributed by atoms with van der Waals surface area (Å²) in [6.07, 6.45) is 6.39. The van der Waals surface area contributed by atoms with Gasteiger partial charge in [-0.3, -0.25) is 0 Å². The standard InChI is InChI=1S/C16H21N3O2/c20-16(10-9-14-8-4-5-11-21-14)15-12-17-18-19(15)13-6-2-1-3-7-13/h1-3,6-7,12,14,16,20H,4-5,8-11H2. The first-order chi connectivity index (χ1) is 10.3. The second kappa shape index (κ2) is 6.83. The number of ether oxygens (including phenoxy) is 1. The fourth-order valence-electron chi connectivity index (χ4n) is 2.77. The lowest BCUT2D eigenvalue weighted by atomic mass is 10.0. The van der Waals surface area contributed by atoms with Gasteiger partial charge in [0, 0.05) is 6.61 Å². The Kier molecular flexibility index (Phi) is 4.62. The molecule has 3 rings (SSSR count). The van der Waals surface area contributed by atoms with Crippen molar-refractivity contribution >= 4 is 0 Å². The zero-order valence-electron chi connectivity index (χ0n) is 12.1. The third kappa shape index (κ3) is 3.49. The number of aromatic nitrogens is 3. The van der Waals surface area contributed by atoms with Gasteiger partial charge < -0.3 is 9.84 Å². The van der Waals surface area contributed by atoms with Gasteiger partial charge in [-0.1, -0.05) is 23.4 Å². The molecule has 0 spiro atoms. The fourth-order valence-corrected chi connectivity index (χ4v) is 2.77. The van der Waals surface area contributed by atoms with Gasteiger partial charge in [-0.25, -0.2) is 4.68 Å². The molecule has 112 valence electrons. The molecule has 1 fully saturated rings. The lowest BCUT2D eigenvalue weighted by Crippen LogP contribution is -2.20. The minimum atomic E-state index is -0.564. The maximum absolute atomic E-state index is 10.4. The van der Waals surface area contributed by atoms with Crippen molar-refractivity contribution in [3.05, 3.63) is 42.2 Å². The van der Waals surface area contributed by atoms with Crippen LogP contribution >= 0.6 is 0 Å². The van der Waals surface area contributed by atoms with Crippen molar-refractivity contribution in [2.45, 2.75) is 44.3 Å². The minimum absolute atomic E-state index is 0.287. The van der Waals surface area contributed by atoms with E-state index in [0.717, 1.165) is 37.3 Å². The number of nitrogens with zero attached hydrogens (tertiary/aromatic N) is 3. The molecule has 1 aliphatic rings. The van der Waals surface area contributed by atoms with Crippen LogP contribution in [0.15, 0.2) is 36.5 Å². The van der Waals surface area contributed by atoms with Crippen molar-refractivity contribution in [1.82, 2.24) is 15.0 Å². The summed E-state index contributed by atoms with van der Waals surface area (Å²) in [6, 6.07) is 9.76. The highest BCUT2D eigenvalue weighted by Gasteiger charge is 2.19. The predicted molar refractivity (Wildman–Crippen MR) is 79.1 cm³/mol. The van der Waals surface area contributed by atoms with E-state index in [1.54, 1.807) is 10.9 Å². The maximum atomic E-state index is 10.4. The van der Waals surface area contributed by atoms with Gasteiger partial charge >= 0.3 is 0 Å². The number of rotatable bonds is 5. The van der Waals surface area contributed by atoms with Gasteiger partial charge in [0.25, 0.3) is 0 Å². The summed E-state index contributed by atoms with van der Waals surface area (Å²) < 4.78 is 7.41. The molecule has 5 heteroatoms. The van der Waals surface area contributed by atoms with Crippen LogP contribution in [0.5, 0.6) is 0 Å². The normalized spacial score (nSPS) is 20.3. The van der Waals surface area contributed by atoms with Gasteiger partial charge in [-0.15, -0.1) is 5.10 Å². The first-order valence-electron chi connectivity index (χ1n) is 7.60. The molecule has 0 aliphatic carbocycles. The highest BCUT2D eigenvalue weighted by Crippen LogP contribution is 2.24.